The number of nitrogens with zero attached hydrogens (tertiary/aromatic N) is 3. The predicted octanol–water partition coefficient (Wildman–Crippen LogP) is 1.54. The number of aryl methyl sites for hydroxylation is 1. The maximum absolute atomic E-state index is 4.97. The fourth-order valence-electron chi connectivity index (χ4n) is 1.08. The molecule has 2 aromatic heterocycles. The van der Waals surface area contributed by atoms with Crippen LogP contribution in [0.2, 0.25) is 0 Å². The van der Waals surface area contributed by atoms with Gasteiger partial charge in [0.1, 0.15) is 5.00 Å². The molecule has 0 saturated heterocycles. The van der Waals surface area contributed by atoms with Crippen molar-refractivity contribution < 1.29 is 4.52 Å². The Morgan fingerprint density at radius 1 is 1.54 bits per heavy atom. The Hall–Kier alpha value is -1.43. The lowest BCUT2D eigenvalue weighted by Crippen LogP contribution is -1.88. The van der Waals surface area contributed by atoms with Crippen molar-refractivity contribution in [1.82, 2.24) is 14.5 Å². The van der Waals surface area contributed by atoms with Gasteiger partial charge in [-0.25, -0.2) is 0 Å². The van der Waals surface area contributed by atoms with Crippen LogP contribution in [0.4, 0.5) is 5.00 Å². The summed E-state index contributed by atoms with van der Waals surface area (Å²) in [4.78, 5) is 3.98. The molecule has 1 N–H and O–H groups in total. The zero-order chi connectivity index (χ0) is 9.26. The van der Waals surface area contributed by atoms with Crippen molar-refractivity contribution in [2.45, 2.75) is 6.92 Å². The van der Waals surface area contributed by atoms with Crippen molar-refractivity contribution in [2.75, 3.05) is 12.4 Å². The molecule has 0 radical (unpaired) electrons. The smallest absolute Gasteiger partial charge is 0.262 e. The molecule has 0 amide bonds. The highest BCUT2D eigenvalue weighted by Gasteiger charge is 2.15. The largest absolute Gasteiger partial charge is 0.378 e. The van der Waals surface area contributed by atoms with E-state index in [2.05, 4.69) is 19.8 Å². The predicted molar refractivity (Wildman–Crippen MR) is 49.7 cm³/mol. The van der Waals surface area contributed by atoms with Gasteiger partial charge in [0.2, 0.25) is 0 Å². The Morgan fingerprint density at radius 2 is 2.38 bits per heavy atom. The van der Waals surface area contributed by atoms with E-state index < -0.39 is 0 Å². The van der Waals surface area contributed by atoms with Gasteiger partial charge in [0.25, 0.3) is 5.89 Å². The highest BCUT2D eigenvalue weighted by molar-refractivity contribution is 7.10. The molecule has 6 heteroatoms. The second-order valence-corrected chi connectivity index (χ2v) is 3.24. The molecule has 0 aromatic carbocycles. The summed E-state index contributed by atoms with van der Waals surface area (Å²) in [6.45, 7) is 1.91. The molecule has 2 aromatic rings. The van der Waals surface area contributed by atoms with Crippen molar-refractivity contribution >= 4 is 16.5 Å². The van der Waals surface area contributed by atoms with Gasteiger partial charge < -0.3 is 9.84 Å². The Balaban J connectivity index is 2.55. The average molecular weight is 196 g/mol. The van der Waals surface area contributed by atoms with Crippen LogP contribution < -0.4 is 5.32 Å². The minimum Gasteiger partial charge on any atom is -0.378 e. The summed E-state index contributed by atoms with van der Waals surface area (Å²) < 4.78 is 9.16. The van der Waals surface area contributed by atoms with E-state index in [4.69, 9.17) is 4.52 Å². The summed E-state index contributed by atoms with van der Waals surface area (Å²) >= 11 is 1.39. The van der Waals surface area contributed by atoms with Crippen LogP contribution in [-0.4, -0.2) is 21.6 Å². The van der Waals surface area contributed by atoms with E-state index >= 15 is 0 Å². The fourth-order valence-corrected chi connectivity index (χ4v) is 1.81. The molecule has 0 fully saturated rings. The van der Waals surface area contributed by atoms with Crippen LogP contribution >= 0.6 is 11.5 Å². The fraction of sp³-hybridized carbons (Fsp3) is 0.286. The molecule has 13 heavy (non-hydrogen) atoms. The van der Waals surface area contributed by atoms with Crippen LogP contribution in [0, 0.1) is 6.92 Å². The molecule has 0 aliphatic rings. The summed E-state index contributed by atoms with van der Waals surface area (Å²) in [7, 11) is 1.84. The van der Waals surface area contributed by atoms with Crippen LogP contribution in [0.1, 0.15) is 5.69 Å². The third-order valence-electron chi connectivity index (χ3n) is 1.66. The van der Waals surface area contributed by atoms with Crippen molar-refractivity contribution in [3.05, 3.63) is 12.0 Å². The Kier molecular flexibility index (Phi) is 1.97. The first kappa shape index (κ1) is 8.18. The van der Waals surface area contributed by atoms with Gasteiger partial charge in [-0.15, -0.1) is 0 Å². The summed E-state index contributed by atoms with van der Waals surface area (Å²) in [6.07, 6.45) is 1.38. The minimum absolute atomic E-state index is 0.510. The van der Waals surface area contributed by atoms with Crippen LogP contribution in [0.5, 0.6) is 0 Å². The molecular formula is C7H8N4OS. The Morgan fingerprint density at radius 3 is 3.00 bits per heavy atom. The molecule has 0 unspecified atom stereocenters. The van der Waals surface area contributed by atoms with Crippen molar-refractivity contribution in [1.29, 1.82) is 0 Å². The topological polar surface area (TPSA) is 63.8 Å². The van der Waals surface area contributed by atoms with Crippen molar-refractivity contribution in [2.24, 2.45) is 0 Å². The SMILES string of the molecule is CNc1snc(C)c1-c1ncno1. The van der Waals surface area contributed by atoms with Crippen LogP contribution in [0.15, 0.2) is 10.9 Å². The monoisotopic (exact) mass is 196 g/mol. The first-order valence-corrected chi connectivity index (χ1v) is 4.51. The zero-order valence-corrected chi connectivity index (χ0v) is 8.05. The summed E-state index contributed by atoms with van der Waals surface area (Å²) in [6, 6.07) is 0. The van der Waals surface area contributed by atoms with E-state index in [-0.39, 0.29) is 0 Å². The molecule has 0 aliphatic heterocycles. The second-order valence-electron chi connectivity index (χ2n) is 2.47. The minimum atomic E-state index is 0.510. The first-order valence-electron chi connectivity index (χ1n) is 3.74. The molecule has 68 valence electrons. The molecular weight excluding hydrogens is 188 g/mol. The maximum atomic E-state index is 4.97. The number of hydrogen-bond donors (Lipinski definition) is 1. The maximum Gasteiger partial charge on any atom is 0.262 e. The van der Waals surface area contributed by atoms with E-state index in [1.54, 1.807) is 0 Å². The molecule has 5 nitrogen and oxygen atoms in total. The standard InChI is InChI=1S/C7H8N4OS/c1-4-5(6-9-3-10-12-6)7(8-2)13-11-4/h3,8H,1-2H3. The second kappa shape index (κ2) is 3.14. The van der Waals surface area contributed by atoms with Gasteiger partial charge in [-0.2, -0.15) is 9.36 Å². The lowest BCUT2D eigenvalue weighted by Gasteiger charge is -1.96. The molecule has 0 saturated carbocycles. The number of rotatable bonds is 2. The molecule has 2 rings (SSSR count). The van der Waals surface area contributed by atoms with E-state index in [0.717, 1.165) is 16.3 Å². The van der Waals surface area contributed by atoms with Crippen LogP contribution in [0.25, 0.3) is 11.5 Å². The molecule has 2 heterocycles. The van der Waals surface area contributed by atoms with Crippen LogP contribution in [-0.2, 0) is 0 Å². The third kappa shape index (κ3) is 1.29. The summed E-state index contributed by atoms with van der Waals surface area (Å²) in [5.41, 5.74) is 1.80. The van der Waals surface area contributed by atoms with Gasteiger partial charge in [-0.1, -0.05) is 5.16 Å². The zero-order valence-electron chi connectivity index (χ0n) is 7.24. The highest BCUT2D eigenvalue weighted by Crippen LogP contribution is 2.32. The Labute approximate surface area is 79.0 Å². The van der Waals surface area contributed by atoms with E-state index in [1.807, 2.05) is 14.0 Å². The van der Waals surface area contributed by atoms with Gasteiger partial charge in [0.05, 0.1) is 11.3 Å². The van der Waals surface area contributed by atoms with E-state index in [0.29, 0.717) is 5.89 Å². The quantitative estimate of drug-likeness (QED) is 0.789. The van der Waals surface area contributed by atoms with Gasteiger partial charge in [-0.3, -0.25) is 0 Å². The van der Waals surface area contributed by atoms with E-state index in [9.17, 15) is 0 Å². The lowest BCUT2D eigenvalue weighted by molar-refractivity contribution is 0.430. The molecule has 0 atom stereocenters. The van der Waals surface area contributed by atoms with Crippen molar-refractivity contribution in [3.8, 4) is 11.5 Å². The lowest BCUT2D eigenvalue weighted by atomic mass is 10.2. The van der Waals surface area contributed by atoms with Gasteiger partial charge in [-0.05, 0) is 18.5 Å². The van der Waals surface area contributed by atoms with Gasteiger partial charge in [0, 0.05) is 7.05 Å². The normalized spacial score (nSPS) is 10.3. The van der Waals surface area contributed by atoms with Gasteiger partial charge in [0.15, 0.2) is 6.33 Å². The number of anilines is 1. The third-order valence-corrected chi connectivity index (χ3v) is 2.62. The molecule has 0 aliphatic carbocycles. The highest BCUT2D eigenvalue weighted by atomic mass is 32.1. The van der Waals surface area contributed by atoms with Crippen LogP contribution in [0.3, 0.4) is 0 Å². The number of aromatic nitrogens is 3. The number of hydrogen-bond acceptors (Lipinski definition) is 6. The van der Waals surface area contributed by atoms with Gasteiger partial charge >= 0.3 is 0 Å². The van der Waals surface area contributed by atoms with Crippen molar-refractivity contribution in [3.63, 3.8) is 0 Å². The first-order chi connectivity index (χ1) is 6.33. The Bertz CT molecular complexity index is 395. The average Bonchev–Trinajstić information content (AvgIpc) is 2.72. The summed E-state index contributed by atoms with van der Waals surface area (Å²) in [5.74, 6) is 0.510. The number of nitrogens with one attached hydrogen (secondary N) is 1. The molecule has 0 spiro atoms. The van der Waals surface area contributed by atoms with E-state index in [1.165, 1.54) is 17.9 Å². The molecule has 0 bridgehead atoms. The summed E-state index contributed by atoms with van der Waals surface area (Å²) in [5, 5.41) is 7.54.